The molecule has 8 atom stereocenters. The van der Waals surface area contributed by atoms with Gasteiger partial charge in [0, 0.05) is 0 Å². The molecule has 26 heavy (non-hydrogen) atoms. The zero-order valence-electron chi connectivity index (χ0n) is 15.6. The van der Waals surface area contributed by atoms with Crippen LogP contribution in [-0.4, -0.2) is 70.5 Å². The van der Waals surface area contributed by atoms with Crippen molar-refractivity contribution < 1.29 is 24.5 Å². The van der Waals surface area contributed by atoms with Crippen LogP contribution in [0.3, 0.4) is 0 Å². The second-order valence-corrected chi connectivity index (χ2v) is 8.55. The van der Waals surface area contributed by atoms with Crippen molar-refractivity contribution in [3.63, 3.8) is 0 Å². The summed E-state index contributed by atoms with van der Waals surface area (Å²) >= 11 is 7.54. The van der Waals surface area contributed by atoms with Gasteiger partial charge in [-0.1, -0.05) is 13.3 Å². The molecule has 0 aromatic carbocycles. The second kappa shape index (κ2) is 10.5. The Morgan fingerprint density at radius 3 is 2.69 bits per heavy atom. The number of nitrogens with one attached hydrogen (secondary N) is 2. The van der Waals surface area contributed by atoms with Crippen molar-refractivity contribution in [2.75, 3.05) is 12.8 Å². The summed E-state index contributed by atoms with van der Waals surface area (Å²) in [6.45, 7) is 4.71. The predicted octanol–water partition coefficient (Wildman–Crippen LogP) is 1.01. The van der Waals surface area contributed by atoms with Gasteiger partial charge in [-0.25, -0.2) is 0 Å². The molecule has 4 N–H and O–H groups in total. The Labute approximate surface area is 164 Å². The first-order valence-corrected chi connectivity index (χ1v) is 11.0. The molecule has 2 heterocycles. The Hall–Kier alpha value is -0.0900. The van der Waals surface area contributed by atoms with E-state index in [-0.39, 0.29) is 11.9 Å². The van der Waals surface area contributed by atoms with Crippen LogP contribution in [0.1, 0.15) is 39.5 Å². The van der Waals surface area contributed by atoms with Gasteiger partial charge in [0.25, 0.3) is 0 Å². The Bertz CT molecular complexity index is 459. The van der Waals surface area contributed by atoms with Gasteiger partial charge in [-0.05, 0) is 44.9 Å². The van der Waals surface area contributed by atoms with Crippen LogP contribution in [0.2, 0.25) is 0 Å². The summed E-state index contributed by atoms with van der Waals surface area (Å²) < 4.78 is 10.8. The molecule has 1 amide bonds. The number of amides is 1. The maximum atomic E-state index is 12.8. The summed E-state index contributed by atoms with van der Waals surface area (Å²) in [5.41, 5.74) is -0.727. The van der Waals surface area contributed by atoms with Crippen LogP contribution in [0, 0.1) is 5.92 Å². The topological polar surface area (TPSA) is 100 Å². The molecule has 0 aromatic heterocycles. The lowest BCUT2D eigenvalue weighted by Gasteiger charge is -2.41. The highest BCUT2D eigenvalue weighted by atomic mass is 35.5. The lowest BCUT2D eigenvalue weighted by atomic mass is 9.96. The fourth-order valence-electron chi connectivity index (χ4n) is 3.47. The van der Waals surface area contributed by atoms with Crippen molar-refractivity contribution in [1.29, 1.82) is 0 Å². The molecule has 152 valence electrons. The average molecular weight is 411 g/mol. The number of carbonyl (C=O) groups excluding carboxylic acids is 1. The first-order valence-electron chi connectivity index (χ1n) is 9.25. The van der Waals surface area contributed by atoms with Gasteiger partial charge in [0.05, 0.1) is 17.5 Å². The van der Waals surface area contributed by atoms with Crippen molar-refractivity contribution in [3.05, 3.63) is 0 Å². The van der Waals surface area contributed by atoms with Crippen molar-refractivity contribution in [1.82, 2.24) is 10.6 Å². The van der Waals surface area contributed by atoms with E-state index in [1.165, 1.54) is 11.8 Å². The van der Waals surface area contributed by atoms with Crippen molar-refractivity contribution in [2.45, 2.75) is 81.1 Å². The molecule has 2 rings (SSSR count). The molecule has 0 radical (unpaired) electrons. The zero-order chi connectivity index (χ0) is 19.3. The number of hydrogen-bond donors (Lipinski definition) is 4. The van der Waals surface area contributed by atoms with Gasteiger partial charge in [0.15, 0.2) is 6.29 Å². The minimum absolute atomic E-state index is 0.156. The summed E-state index contributed by atoms with van der Waals surface area (Å²) in [5.74, 6) is 0.484. The Kier molecular flexibility index (Phi) is 8.93. The number of thioether (sulfide) groups is 1. The Morgan fingerprint density at radius 2 is 2.08 bits per heavy atom. The minimum Gasteiger partial charge on any atom is -0.385 e. The predicted molar refractivity (Wildman–Crippen MR) is 102 cm³/mol. The highest BCUT2D eigenvalue weighted by Gasteiger charge is 2.44. The van der Waals surface area contributed by atoms with Crippen molar-refractivity contribution >= 4 is 29.3 Å². The highest BCUT2D eigenvalue weighted by Crippen LogP contribution is 2.28. The fraction of sp³-hybridized carbons (Fsp3) is 0.941. The van der Waals surface area contributed by atoms with Crippen molar-refractivity contribution in [3.8, 4) is 0 Å². The molecular formula is C17H31ClN2O5S. The molecule has 2 saturated heterocycles. The Morgan fingerprint density at radius 1 is 1.35 bits per heavy atom. The van der Waals surface area contributed by atoms with Crippen LogP contribution >= 0.6 is 23.4 Å². The van der Waals surface area contributed by atoms with Crippen LogP contribution in [0.5, 0.6) is 0 Å². The van der Waals surface area contributed by atoms with E-state index in [2.05, 4.69) is 17.6 Å². The van der Waals surface area contributed by atoms with E-state index in [0.717, 1.165) is 32.2 Å². The van der Waals surface area contributed by atoms with Gasteiger partial charge in [0.2, 0.25) is 11.5 Å². The normalized spacial score (nSPS) is 38.2. The number of aliphatic hydroxyl groups is 2. The number of halogens is 1. The van der Waals surface area contributed by atoms with Gasteiger partial charge < -0.3 is 30.3 Å². The zero-order valence-corrected chi connectivity index (χ0v) is 17.1. The third kappa shape index (κ3) is 5.70. The van der Waals surface area contributed by atoms with Crippen LogP contribution in [0.15, 0.2) is 0 Å². The first kappa shape index (κ1) is 22.2. The van der Waals surface area contributed by atoms with Crippen LogP contribution in [-0.2, 0) is 14.3 Å². The number of rotatable bonds is 6. The van der Waals surface area contributed by atoms with Crippen LogP contribution in [0.25, 0.3) is 0 Å². The van der Waals surface area contributed by atoms with Gasteiger partial charge in [-0.3, -0.25) is 4.79 Å². The molecule has 2 fully saturated rings. The smallest absolute Gasteiger partial charge is 0.237 e. The molecular weight excluding hydrogens is 380 g/mol. The average Bonchev–Trinajstić information content (AvgIpc) is 2.87. The maximum Gasteiger partial charge on any atom is 0.237 e. The maximum absolute atomic E-state index is 12.8. The van der Waals surface area contributed by atoms with E-state index in [1.54, 1.807) is 13.2 Å². The lowest BCUT2D eigenvalue weighted by molar-refractivity contribution is -0.308. The van der Waals surface area contributed by atoms with Gasteiger partial charge in [-0.2, -0.15) is 0 Å². The summed E-state index contributed by atoms with van der Waals surface area (Å²) in [6.07, 6.45) is 2.18. The van der Waals surface area contributed by atoms with Crippen LogP contribution < -0.4 is 10.6 Å². The summed E-state index contributed by atoms with van der Waals surface area (Å²) in [5, 5.41) is 25.9. The number of alkyl halides is 1. The molecule has 2 aliphatic heterocycles. The van der Waals surface area contributed by atoms with E-state index >= 15 is 0 Å². The SMILES string of the molecule is CCC1CCNC(C(=O)NC(C(C)Cl)C2OC(SC)O[C@@H](O)C2O)CC1. The van der Waals surface area contributed by atoms with E-state index < -0.39 is 35.5 Å². The summed E-state index contributed by atoms with van der Waals surface area (Å²) in [7, 11) is 0. The number of carbonyl (C=O) groups is 1. The standard InChI is InChI=1S/C17H31ClN2O5S/c1-4-10-5-6-11(19-8-7-10)15(22)20-12(9(2)18)14-13(21)16(23)25-17(24-14)26-3/h9-14,16-17,19,21,23H,4-8H2,1-3H3,(H,20,22)/t9?,10?,11?,12?,13?,14?,16-,17?/m1/s1. The third-order valence-electron chi connectivity index (χ3n) is 5.20. The van der Waals surface area contributed by atoms with E-state index in [9.17, 15) is 15.0 Å². The fourth-order valence-corrected chi connectivity index (χ4v) is 4.14. The largest absolute Gasteiger partial charge is 0.385 e. The lowest BCUT2D eigenvalue weighted by Crippen LogP contribution is -2.62. The molecule has 0 saturated carbocycles. The molecule has 0 aliphatic carbocycles. The van der Waals surface area contributed by atoms with Gasteiger partial charge in [0.1, 0.15) is 12.2 Å². The number of aliphatic hydroxyl groups excluding tert-OH is 2. The quantitative estimate of drug-likeness (QED) is 0.485. The molecule has 7 nitrogen and oxygen atoms in total. The molecule has 0 aromatic rings. The highest BCUT2D eigenvalue weighted by molar-refractivity contribution is 7.98. The molecule has 2 aliphatic rings. The van der Waals surface area contributed by atoms with Crippen LogP contribution in [0.4, 0.5) is 0 Å². The Balaban J connectivity index is 2.03. The summed E-state index contributed by atoms with van der Waals surface area (Å²) in [6, 6.07) is -0.942. The van der Waals surface area contributed by atoms with Gasteiger partial charge >= 0.3 is 0 Å². The summed E-state index contributed by atoms with van der Waals surface area (Å²) in [4.78, 5) is 12.8. The molecule has 0 spiro atoms. The number of ether oxygens (including phenoxy) is 2. The first-order chi connectivity index (χ1) is 12.4. The van der Waals surface area contributed by atoms with Gasteiger partial charge in [-0.15, -0.1) is 23.4 Å². The number of hydrogen-bond acceptors (Lipinski definition) is 7. The third-order valence-corrected chi connectivity index (χ3v) is 6.08. The molecule has 9 heteroatoms. The molecule has 7 unspecified atom stereocenters. The monoisotopic (exact) mass is 410 g/mol. The second-order valence-electron chi connectivity index (χ2n) is 7.00. The minimum atomic E-state index is -1.39. The van der Waals surface area contributed by atoms with E-state index in [1.807, 2.05) is 0 Å². The van der Waals surface area contributed by atoms with E-state index in [4.69, 9.17) is 21.1 Å². The van der Waals surface area contributed by atoms with Crippen molar-refractivity contribution in [2.24, 2.45) is 5.92 Å². The molecule has 0 bridgehead atoms. The van der Waals surface area contributed by atoms with E-state index in [0.29, 0.717) is 5.92 Å².